The third-order valence-electron chi connectivity index (χ3n) is 4.46. The molecule has 0 atom stereocenters. The molecule has 3 rings (SSSR count). The first-order chi connectivity index (χ1) is 14.4. The van der Waals surface area contributed by atoms with E-state index < -0.39 is 0 Å². The van der Waals surface area contributed by atoms with Gasteiger partial charge in [0, 0.05) is 17.3 Å². The minimum atomic E-state index is -0.363. The molecule has 4 nitrogen and oxygen atoms in total. The average Bonchev–Trinajstić information content (AvgIpc) is 3.19. The zero-order valence-corrected chi connectivity index (χ0v) is 18.8. The van der Waals surface area contributed by atoms with Crippen LogP contribution in [0.4, 0.5) is 5.69 Å². The van der Waals surface area contributed by atoms with Gasteiger partial charge in [-0.25, -0.2) is 0 Å². The van der Waals surface area contributed by atoms with Crippen LogP contribution in [-0.2, 0) is 11.2 Å². The Morgan fingerprint density at radius 1 is 1.13 bits per heavy atom. The van der Waals surface area contributed by atoms with Crippen molar-refractivity contribution in [2.24, 2.45) is 0 Å². The fourth-order valence-electron chi connectivity index (χ4n) is 2.94. The Hall–Kier alpha value is -2.60. The van der Waals surface area contributed by atoms with Gasteiger partial charge in [0.2, 0.25) is 5.91 Å². The van der Waals surface area contributed by atoms with E-state index in [1.807, 2.05) is 31.2 Å². The summed E-state index contributed by atoms with van der Waals surface area (Å²) in [4.78, 5) is 12.2. The van der Waals surface area contributed by atoms with E-state index in [9.17, 15) is 4.79 Å². The van der Waals surface area contributed by atoms with Crippen molar-refractivity contribution in [3.05, 3.63) is 81.5 Å². The topological polar surface area (TPSA) is 54.3 Å². The summed E-state index contributed by atoms with van der Waals surface area (Å²) in [6, 6.07) is 14.8. The summed E-state index contributed by atoms with van der Waals surface area (Å²) in [5.74, 6) is 0.700. The van der Waals surface area contributed by atoms with Crippen LogP contribution in [0.15, 0.2) is 59.0 Å². The molecule has 3 aromatic rings. The summed E-state index contributed by atoms with van der Waals surface area (Å²) in [5, 5.41) is 6.86. The predicted molar refractivity (Wildman–Crippen MR) is 128 cm³/mol. The number of carbonyl (C=O) groups excluding carboxylic acids is 1. The Labute approximate surface area is 190 Å². The van der Waals surface area contributed by atoms with Gasteiger partial charge in [0.25, 0.3) is 0 Å². The van der Waals surface area contributed by atoms with Crippen molar-refractivity contribution in [2.45, 2.75) is 20.3 Å². The molecule has 0 fully saturated rings. The lowest BCUT2D eigenvalue weighted by molar-refractivity contribution is -0.115. The molecule has 1 heterocycles. The summed E-state index contributed by atoms with van der Waals surface area (Å²) >= 11 is 17.6. The normalized spacial score (nSPS) is 10.9. The molecule has 0 saturated heterocycles. The molecule has 0 aliphatic rings. The minimum Gasteiger partial charge on any atom is -0.457 e. The van der Waals surface area contributed by atoms with Crippen LogP contribution in [0.5, 0.6) is 0 Å². The van der Waals surface area contributed by atoms with E-state index in [-0.39, 0.29) is 11.0 Å². The fraction of sp³-hybridized carbons (Fsp3) is 0.130. The number of benzene rings is 2. The standard InChI is InChI=1S/C23H20Cl2N2O2S/c1-3-15-7-4-6-14(2)22(15)27-23(30)26-20(28)13-11-16-10-12-19(29-16)17-8-5-9-18(24)21(17)25/h4-13H,3H2,1-2H3,(H2,26,27,28,30). The van der Waals surface area contributed by atoms with Crippen LogP contribution in [0.25, 0.3) is 17.4 Å². The second kappa shape index (κ2) is 9.94. The molecule has 154 valence electrons. The fourth-order valence-corrected chi connectivity index (χ4v) is 3.54. The van der Waals surface area contributed by atoms with E-state index in [2.05, 4.69) is 17.6 Å². The highest BCUT2D eigenvalue weighted by atomic mass is 35.5. The van der Waals surface area contributed by atoms with E-state index in [1.54, 1.807) is 30.3 Å². The third-order valence-corrected chi connectivity index (χ3v) is 5.48. The Morgan fingerprint density at radius 2 is 1.90 bits per heavy atom. The number of halogens is 2. The van der Waals surface area contributed by atoms with Gasteiger partial charge in [0.05, 0.1) is 10.0 Å². The Kier molecular flexibility index (Phi) is 7.32. The molecular weight excluding hydrogens is 439 g/mol. The second-order valence-electron chi connectivity index (χ2n) is 6.54. The van der Waals surface area contributed by atoms with Crippen molar-refractivity contribution >= 4 is 58.2 Å². The molecule has 30 heavy (non-hydrogen) atoms. The molecule has 0 unspecified atom stereocenters. The lowest BCUT2D eigenvalue weighted by Gasteiger charge is -2.14. The van der Waals surface area contributed by atoms with E-state index >= 15 is 0 Å². The number of hydrogen-bond acceptors (Lipinski definition) is 3. The summed E-state index contributed by atoms with van der Waals surface area (Å²) in [7, 11) is 0. The maximum Gasteiger partial charge on any atom is 0.250 e. The summed E-state index contributed by atoms with van der Waals surface area (Å²) in [6.07, 6.45) is 3.78. The predicted octanol–water partition coefficient (Wildman–Crippen LogP) is 6.65. The van der Waals surface area contributed by atoms with E-state index in [0.29, 0.717) is 27.1 Å². The SMILES string of the molecule is CCc1cccc(C)c1NC(=S)NC(=O)C=Cc1ccc(-c2cccc(Cl)c2Cl)o1. The highest BCUT2D eigenvalue weighted by Crippen LogP contribution is 2.34. The lowest BCUT2D eigenvalue weighted by atomic mass is 10.1. The highest BCUT2D eigenvalue weighted by Gasteiger charge is 2.11. The molecule has 0 bridgehead atoms. The Morgan fingerprint density at radius 3 is 2.67 bits per heavy atom. The number of carbonyl (C=O) groups is 1. The summed E-state index contributed by atoms with van der Waals surface area (Å²) < 4.78 is 5.74. The quantitative estimate of drug-likeness (QED) is 0.331. The van der Waals surface area contributed by atoms with Crippen LogP contribution in [0.1, 0.15) is 23.8 Å². The van der Waals surface area contributed by atoms with Crippen LogP contribution >= 0.6 is 35.4 Å². The second-order valence-corrected chi connectivity index (χ2v) is 7.74. The number of para-hydroxylation sites is 1. The van der Waals surface area contributed by atoms with Crippen LogP contribution in [0.2, 0.25) is 10.0 Å². The number of thiocarbonyl (C=S) groups is 1. The highest BCUT2D eigenvalue weighted by molar-refractivity contribution is 7.80. The van der Waals surface area contributed by atoms with Gasteiger partial charge >= 0.3 is 0 Å². The van der Waals surface area contributed by atoms with Gasteiger partial charge in [0.1, 0.15) is 11.5 Å². The van der Waals surface area contributed by atoms with E-state index in [0.717, 1.165) is 23.2 Å². The Bertz CT molecular complexity index is 1120. The van der Waals surface area contributed by atoms with Gasteiger partial charge in [-0.05, 0) is 67.0 Å². The van der Waals surface area contributed by atoms with E-state index in [1.165, 1.54) is 6.08 Å². The largest absolute Gasteiger partial charge is 0.457 e. The van der Waals surface area contributed by atoms with Crippen LogP contribution < -0.4 is 10.6 Å². The molecule has 7 heteroatoms. The molecule has 0 radical (unpaired) electrons. The number of amides is 1. The molecule has 2 N–H and O–H groups in total. The van der Waals surface area contributed by atoms with Crippen molar-refractivity contribution in [3.8, 4) is 11.3 Å². The smallest absolute Gasteiger partial charge is 0.250 e. The molecule has 0 spiro atoms. The van der Waals surface area contributed by atoms with Gasteiger partial charge in [0.15, 0.2) is 5.11 Å². The van der Waals surface area contributed by atoms with E-state index in [4.69, 9.17) is 39.8 Å². The minimum absolute atomic E-state index is 0.236. The van der Waals surface area contributed by atoms with Gasteiger partial charge in [-0.3, -0.25) is 10.1 Å². The van der Waals surface area contributed by atoms with Crippen LogP contribution in [0, 0.1) is 6.92 Å². The number of nitrogens with one attached hydrogen (secondary N) is 2. The zero-order valence-electron chi connectivity index (χ0n) is 16.5. The maximum atomic E-state index is 12.2. The molecule has 0 saturated carbocycles. The first-order valence-corrected chi connectivity index (χ1v) is 10.5. The number of rotatable bonds is 5. The van der Waals surface area contributed by atoms with Crippen molar-refractivity contribution in [1.29, 1.82) is 0 Å². The molecule has 1 amide bonds. The number of anilines is 1. The molecule has 2 aromatic carbocycles. The van der Waals surface area contributed by atoms with Crippen molar-refractivity contribution in [3.63, 3.8) is 0 Å². The van der Waals surface area contributed by atoms with Crippen LogP contribution in [-0.4, -0.2) is 11.0 Å². The lowest BCUT2D eigenvalue weighted by Crippen LogP contribution is -2.33. The van der Waals surface area contributed by atoms with Crippen molar-refractivity contribution < 1.29 is 9.21 Å². The van der Waals surface area contributed by atoms with Gasteiger partial charge in [-0.2, -0.15) is 0 Å². The third kappa shape index (κ3) is 5.30. The maximum absolute atomic E-state index is 12.2. The molecular formula is C23H20Cl2N2O2S. The first kappa shape index (κ1) is 22.1. The van der Waals surface area contributed by atoms with Crippen LogP contribution in [0.3, 0.4) is 0 Å². The van der Waals surface area contributed by atoms with Crippen molar-refractivity contribution in [2.75, 3.05) is 5.32 Å². The van der Waals surface area contributed by atoms with Gasteiger partial charge in [-0.1, -0.05) is 54.4 Å². The molecule has 0 aliphatic carbocycles. The summed E-state index contributed by atoms with van der Waals surface area (Å²) in [6.45, 7) is 4.06. The number of furan rings is 1. The Balaban J connectivity index is 1.64. The number of aryl methyl sites for hydroxylation is 2. The monoisotopic (exact) mass is 458 g/mol. The first-order valence-electron chi connectivity index (χ1n) is 9.31. The number of hydrogen-bond donors (Lipinski definition) is 2. The average molecular weight is 459 g/mol. The van der Waals surface area contributed by atoms with Gasteiger partial charge < -0.3 is 9.73 Å². The van der Waals surface area contributed by atoms with Crippen molar-refractivity contribution in [1.82, 2.24) is 5.32 Å². The van der Waals surface area contributed by atoms with Gasteiger partial charge in [-0.15, -0.1) is 0 Å². The molecule has 0 aliphatic heterocycles. The zero-order chi connectivity index (χ0) is 21.7. The molecule has 1 aromatic heterocycles. The summed E-state index contributed by atoms with van der Waals surface area (Å²) in [5.41, 5.74) is 3.79.